The molecule has 2 aromatic rings. The van der Waals surface area contributed by atoms with E-state index >= 15 is 0 Å². The lowest BCUT2D eigenvalue weighted by atomic mass is 9.74. The van der Waals surface area contributed by atoms with Gasteiger partial charge in [-0.3, -0.25) is 9.88 Å². The van der Waals surface area contributed by atoms with E-state index in [0.717, 1.165) is 51.4 Å². The van der Waals surface area contributed by atoms with Gasteiger partial charge >= 0.3 is 0 Å². The molecule has 1 aliphatic heterocycles. The molecule has 1 aliphatic rings. The smallest absolute Gasteiger partial charge is 0.156 e. The number of rotatable bonds is 6. The molecule has 3 rings (SSSR count). The van der Waals surface area contributed by atoms with Gasteiger partial charge in [0.05, 0.1) is 13.2 Å². The summed E-state index contributed by atoms with van der Waals surface area (Å²) in [6.45, 7) is 7.48. The largest absolute Gasteiger partial charge is 0.492 e. The molecule has 0 N–H and O–H groups in total. The van der Waals surface area contributed by atoms with Gasteiger partial charge in [0.25, 0.3) is 0 Å². The minimum atomic E-state index is 0.715. The Morgan fingerprint density at radius 1 is 1.13 bits per heavy atom. The lowest BCUT2D eigenvalue weighted by Crippen LogP contribution is -2.38. The van der Waals surface area contributed by atoms with Crippen molar-refractivity contribution in [2.75, 3.05) is 39.5 Å². The first kappa shape index (κ1) is 16.0. The van der Waals surface area contributed by atoms with Crippen molar-refractivity contribution in [2.24, 2.45) is 0 Å². The summed E-state index contributed by atoms with van der Waals surface area (Å²) in [6.07, 6.45) is 3.83. The summed E-state index contributed by atoms with van der Waals surface area (Å²) in [7, 11) is 1.00. The number of aromatic nitrogens is 1. The highest BCUT2D eigenvalue weighted by Crippen LogP contribution is 2.21. The van der Waals surface area contributed by atoms with Crippen LogP contribution in [0.1, 0.15) is 0 Å². The first-order valence-electron chi connectivity index (χ1n) is 8.32. The molecule has 0 radical (unpaired) electrons. The van der Waals surface area contributed by atoms with Crippen LogP contribution in [0.2, 0.25) is 6.82 Å². The van der Waals surface area contributed by atoms with Gasteiger partial charge in [0.1, 0.15) is 12.4 Å². The Bertz CT molecular complexity index is 613. The van der Waals surface area contributed by atoms with Gasteiger partial charge in [-0.25, -0.2) is 0 Å². The molecule has 0 atom stereocenters. The van der Waals surface area contributed by atoms with Crippen molar-refractivity contribution in [3.05, 3.63) is 42.7 Å². The van der Waals surface area contributed by atoms with E-state index in [4.69, 9.17) is 9.47 Å². The van der Waals surface area contributed by atoms with Crippen molar-refractivity contribution in [1.82, 2.24) is 9.88 Å². The van der Waals surface area contributed by atoms with Crippen LogP contribution in [0, 0.1) is 0 Å². The molecular weight excluding hydrogens is 287 g/mol. The fourth-order valence-corrected chi connectivity index (χ4v) is 2.70. The van der Waals surface area contributed by atoms with Crippen LogP contribution in [-0.2, 0) is 4.74 Å². The molecular formula is C18H23BN2O2. The second-order valence-electron chi connectivity index (χ2n) is 5.76. The minimum Gasteiger partial charge on any atom is -0.492 e. The number of hydrogen-bond donors (Lipinski definition) is 0. The predicted molar refractivity (Wildman–Crippen MR) is 95.1 cm³/mol. The second-order valence-corrected chi connectivity index (χ2v) is 5.76. The fourth-order valence-electron chi connectivity index (χ4n) is 2.70. The lowest BCUT2D eigenvalue weighted by Gasteiger charge is -2.26. The first-order valence-corrected chi connectivity index (χ1v) is 8.32. The van der Waals surface area contributed by atoms with Crippen molar-refractivity contribution >= 4 is 12.7 Å². The van der Waals surface area contributed by atoms with Crippen LogP contribution >= 0.6 is 0 Å². The third-order valence-corrected chi connectivity index (χ3v) is 4.17. The number of benzene rings is 1. The van der Waals surface area contributed by atoms with Crippen molar-refractivity contribution in [3.8, 4) is 16.9 Å². The topological polar surface area (TPSA) is 34.6 Å². The van der Waals surface area contributed by atoms with Crippen LogP contribution in [0.25, 0.3) is 11.1 Å². The zero-order valence-electron chi connectivity index (χ0n) is 13.7. The van der Waals surface area contributed by atoms with Crippen LogP contribution < -0.4 is 10.2 Å². The number of ether oxygens (including phenoxy) is 2. The average Bonchev–Trinajstić information content (AvgIpc) is 2.63. The molecule has 1 fully saturated rings. The number of nitrogens with zero attached hydrogens (tertiary/aromatic N) is 2. The predicted octanol–water partition coefficient (Wildman–Crippen LogP) is 1.57. The second kappa shape index (κ2) is 8.13. The Labute approximate surface area is 138 Å². The summed E-state index contributed by atoms with van der Waals surface area (Å²) in [5.74, 6) is 0.918. The molecule has 2 heterocycles. The zero-order chi connectivity index (χ0) is 15.9. The molecule has 120 valence electrons. The molecule has 0 spiro atoms. The molecule has 0 bridgehead atoms. The van der Waals surface area contributed by atoms with Crippen molar-refractivity contribution in [3.63, 3.8) is 0 Å². The van der Waals surface area contributed by atoms with Crippen molar-refractivity contribution in [1.29, 1.82) is 0 Å². The molecule has 0 aliphatic carbocycles. The van der Waals surface area contributed by atoms with E-state index in [1.54, 1.807) is 0 Å². The van der Waals surface area contributed by atoms with E-state index in [2.05, 4.69) is 34.9 Å². The van der Waals surface area contributed by atoms with Gasteiger partial charge < -0.3 is 9.47 Å². The van der Waals surface area contributed by atoms with Crippen LogP contribution in [0.4, 0.5) is 0 Å². The summed E-state index contributed by atoms with van der Waals surface area (Å²) in [5, 5.41) is 0. The maximum atomic E-state index is 5.85. The van der Waals surface area contributed by atoms with Gasteiger partial charge in [-0.15, -0.1) is 0 Å². The molecule has 0 saturated carbocycles. The van der Waals surface area contributed by atoms with Crippen molar-refractivity contribution in [2.45, 2.75) is 6.82 Å². The highest BCUT2D eigenvalue weighted by atomic mass is 16.5. The van der Waals surface area contributed by atoms with E-state index < -0.39 is 0 Å². The van der Waals surface area contributed by atoms with Gasteiger partial charge in [0.2, 0.25) is 0 Å². The Balaban J connectivity index is 1.54. The van der Waals surface area contributed by atoms with Gasteiger partial charge in [0, 0.05) is 32.0 Å². The average molecular weight is 310 g/mol. The van der Waals surface area contributed by atoms with Crippen LogP contribution in [-0.4, -0.2) is 56.6 Å². The molecule has 4 nitrogen and oxygen atoms in total. The summed E-state index contributed by atoms with van der Waals surface area (Å²) in [6, 6.07) is 10.5. The summed E-state index contributed by atoms with van der Waals surface area (Å²) in [4.78, 5) is 6.68. The van der Waals surface area contributed by atoms with Gasteiger partial charge in [-0.1, -0.05) is 30.5 Å². The number of pyridine rings is 1. The molecule has 0 unspecified atom stereocenters. The van der Waals surface area contributed by atoms with E-state index in [0.29, 0.717) is 6.61 Å². The summed E-state index contributed by atoms with van der Waals surface area (Å²) in [5.41, 5.74) is 3.59. The molecule has 23 heavy (non-hydrogen) atoms. The van der Waals surface area contributed by atoms with E-state index in [-0.39, 0.29) is 0 Å². The maximum absolute atomic E-state index is 5.85. The third kappa shape index (κ3) is 4.56. The summed E-state index contributed by atoms with van der Waals surface area (Å²) < 4.78 is 11.2. The standard InChI is InChI=1S/C18H23BN2O2/c1-19-17-12-16(13-20-14-17)15-2-4-18(5-3-15)23-11-8-21-6-9-22-10-7-21/h2-5,12-14,19H,6-11H2,1H3. The molecule has 1 aromatic carbocycles. The van der Waals surface area contributed by atoms with E-state index in [1.807, 2.05) is 24.5 Å². The molecule has 5 heteroatoms. The Hall–Kier alpha value is -1.85. The molecule has 0 amide bonds. The van der Waals surface area contributed by atoms with E-state index in [9.17, 15) is 0 Å². The van der Waals surface area contributed by atoms with Crippen LogP contribution in [0.5, 0.6) is 5.75 Å². The van der Waals surface area contributed by atoms with Gasteiger partial charge in [0.15, 0.2) is 7.28 Å². The third-order valence-electron chi connectivity index (χ3n) is 4.17. The normalized spacial score (nSPS) is 15.3. The lowest BCUT2D eigenvalue weighted by molar-refractivity contribution is 0.0322. The highest BCUT2D eigenvalue weighted by molar-refractivity contribution is 6.51. The maximum Gasteiger partial charge on any atom is 0.156 e. The van der Waals surface area contributed by atoms with Crippen LogP contribution in [0.15, 0.2) is 42.7 Å². The minimum absolute atomic E-state index is 0.715. The quantitative estimate of drug-likeness (QED) is 0.759. The Morgan fingerprint density at radius 2 is 1.91 bits per heavy atom. The van der Waals surface area contributed by atoms with Gasteiger partial charge in [-0.2, -0.15) is 0 Å². The monoisotopic (exact) mass is 310 g/mol. The van der Waals surface area contributed by atoms with Crippen LogP contribution in [0.3, 0.4) is 0 Å². The number of hydrogen-bond acceptors (Lipinski definition) is 4. The first-order chi connectivity index (χ1) is 11.3. The number of morpholine rings is 1. The fraction of sp³-hybridized carbons (Fsp3) is 0.389. The van der Waals surface area contributed by atoms with Crippen molar-refractivity contribution < 1.29 is 9.47 Å². The SMILES string of the molecule is CBc1cncc(-c2ccc(OCCN3CCOCC3)cc2)c1. The zero-order valence-corrected chi connectivity index (χ0v) is 13.7. The highest BCUT2D eigenvalue weighted by Gasteiger charge is 2.09. The summed E-state index contributed by atoms with van der Waals surface area (Å²) >= 11 is 0. The molecule has 1 saturated heterocycles. The Morgan fingerprint density at radius 3 is 2.65 bits per heavy atom. The molecule has 1 aromatic heterocycles. The van der Waals surface area contributed by atoms with E-state index in [1.165, 1.54) is 11.0 Å². The Kier molecular flexibility index (Phi) is 5.67. The van der Waals surface area contributed by atoms with Gasteiger partial charge in [-0.05, 0) is 23.3 Å².